The van der Waals surface area contributed by atoms with E-state index in [1.807, 2.05) is 0 Å². The Kier molecular flexibility index (Phi) is 2.25. The van der Waals surface area contributed by atoms with Crippen molar-refractivity contribution >= 4 is 23.2 Å². The van der Waals surface area contributed by atoms with E-state index in [1.54, 1.807) is 18.2 Å². The Balaban J connectivity index is 2.53. The third-order valence-electron chi connectivity index (χ3n) is 1.55. The van der Waals surface area contributed by atoms with Gasteiger partial charge in [0.25, 0.3) is 0 Å². The fourth-order valence-electron chi connectivity index (χ4n) is 0.981. The van der Waals surface area contributed by atoms with Gasteiger partial charge in [0.1, 0.15) is 0 Å². The maximum Gasteiger partial charge on any atom is 0.228 e. The molecule has 2 aromatic rings. The smallest absolute Gasteiger partial charge is 0.228 e. The monoisotopic (exact) mass is 212 g/mol. The minimum absolute atomic E-state index is 0.446. The summed E-state index contributed by atoms with van der Waals surface area (Å²) in [6, 6.07) is 5.12. The van der Waals surface area contributed by atoms with Gasteiger partial charge in [0, 0.05) is 5.02 Å². The molecule has 1 aromatic heterocycles. The van der Waals surface area contributed by atoms with Crippen LogP contribution >= 0.6 is 23.2 Å². The molecule has 0 saturated carbocycles. The highest BCUT2D eigenvalue weighted by Gasteiger charge is 2.07. The average molecular weight is 213 g/mol. The Bertz CT molecular complexity index is 412. The summed E-state index contributed by atoms with van der Waals surface area (Å²) in [6.45, 7) is 0. The molecular formula is C9H4Cl2NO. The van der Waals surface area contributed by atoms with E-state index < -0.39 is 0 Å². The maximum atomic E-state index is 5.92. The average Bonchev–Trinajstić information content (AvgIpc) is 2.56. The van der Waals surface area contributed by atoms with Gasteiger partial charge in [0.15, 0.2) is 6.26 Å². The Labute approximate surface area is 85.1 Å². The van der Waals surface area contributed by atoms with Crippen molar-refractivity contribution < 1.29 is 4.42 Å². The van der Waals surface area contributed by atoms with Crippen LogP contribution in [0.5, 0.6) is 0 Å². The van der Waals surface area contributed by atoms with E-state index in [9.17, 15) is 0 Å². The van der Waals surface area contributed by atoms with Gasteiger partial charge in [-0.2, -0.15) is 0 Å². The number of benzene rings is 1. The Hall–Kier alpha value is -0.990. The molecule has 2 nitrogen and oxygen atoms in total. The van der Waals surface area contributed by atoms with Gasteiger partial charge in [0.2, 0.25) is 5.89 Å². The number of halogens is 2. The summed E-state index contributed by atoms with van der Waals surface area (Å²) in [6.07, 6.45) is 3.94. The molecule has 0 aliphatic rings. The maximum absolute atomic E-state index is 5.92. The quantitative estimate of drug-likeness (QED) is 0.724. The van der Waals surface area contributed by atoms with E-state index in [0.29, 0.717) is 21.5 Å². The SMILES string of the molecule is Clc1ccc(-c2nc[c]o2)c(Cl)c1. The molecule has 0 saturated heterocycles. The van der Waals surface area contributed by atoms with E-state index >= 15 is 0 Å². The van der Waals surface area contributed by atoms with Crippen LogP contribution in [-0.4, -0.2) is 4.98 Å². The van der Waals surface area contributed by atoms with Gasteiger partial charge >= 0.3 is 0 Å². The van der Waals surface area contributed by atoms with E-state index in [2.05, 4.69) is 11.2 Å². The van der Waals surface area contributed by atoms with Crippen molar-refractivity contribution in [2.45, 2.75) is 0 Å². The van der Waals surface area contributed by atoms with Crippen molar-refractivity contribution in [2.24, 2.45) is 0 Å². The lowest BCUT2D eigenvalue weighted by atomic mass is 10.2. The Morgan fingerprint density at radius 1 is 1.31 bits per heavy atom. The first-order valence-electron chi connectivity index (χ1n) is 3.54. The third-order valence-corrected chi connectivity index (χ3v) is 2.10. The first-order valence-corrected chi connectivity index (χ1v) is 4.30. The molecule has 0 fully saturated rings. The zero-order valence-electron chi connectivity index (χ0n) is 6.42. The first kappa shape index (κ1) is 8.60. The summed E-state index contributed by atoms with van der Waals surface area (Å²) in [5.74, 6) is 0.446. The van der Waals surface area contributed by atoms with Crippen LogP contribution in [0.15, 0.2) is 28.8 Å². The molecular weight excluding hydrogens is 209 g/mol. The number of hydrogen-bond donors (Lipinski definition) is 0. The highest BCUT2D eigenvalue weighted by atomic mass is 35.5. The number of oxazole rings is 1. The fraction of sp³-hybridized carbons (Fsp3) is 0. The molecule has 0 atom stereocenters. The zero-order chi connectivity index (χ0) is 9.26. The molecule has 0 bridgehead atoms. The highest BCUT2D eigenvalue weighted by Crippen LogP contribution is 2.28. The summed E-state index contributed by atoms with van der Waals surface area (Å²) in [5.41, 5.74) is 0.715. The van der Waals surface area contributed by atoms with E-state index in [1.165, 1.54) is 6.20 Å². The second-order valence-corrected chi connectivity index (χ2v) is 3.25. The van der Waals surface area contributed by atoms with Gasteiger partial charge in [0.05, 0.1) is 16.8 Å². The van der Waals surface area contributed by atoms with Crippen molar-refractivity contribution in [1.82, 2.24) is 4.98 Å². The molecule has 1 radical (unpaired) electrons. The minimum Gasteiger partial charge on any atom is -0.433 e. The molecule has 65 valence electrons. The largest absolute Gasteiger partial charge is 0.433 e. The highest BCUT2D eigenvalue weighted by molar-refractivity contribution is 6.36. The summed E-state index contributed by atoms with van der Waals surface area (Å²) < 4.78 is 4.98. The molecule has 1 aromatic carbocycles. The van der Waals surface area contributed by atoms with Gasteiger partial charge in [-0.05, 0) is 18.2 Å². The lowest BCUT2D eigenvalue weighted by molar-refractivity contribution is 0.566. The third kappa shape index (κ3) is 1.69. The summed E-state index contributed by atoms with van der Waals surface area (Å²) >= 11 is 11.7. The Morgan fingerprint density at radius 2 is 2.15 bits per heavy atom. The fourth-order valence-corrected chi connectivity index (χ4v) is 1.47. The molecule has 0 unspecified atom stereocenters. The molecule has 2 rings (SSSR count). The first-order chi connectivity index (χ1) is 6.27. The number of hydrogen-bond acceptors (Lipinski definition) is 2. The van der Waals surface area contributed by atoms with E-state index in [4.69, 9.17) is 27.6 Å². The van der Waals surface area contributed by atoms with Gasteiger partial charge in [-0.1, -0.05) is 23.2 Å². The number of nitrogens with zero attached hydrogens (tertiary/aromatic N) is 1. The molecule has 13 heavy (non-hydrogen) atoms. The van der Waals surface area contributed by atoms with Crippen LogP contribution in [-0.2, 0) is 0 Å². The molecule has 0 N–H and O–H groups in total. The molecule has 0 amide bonds. The van der Waals surface area contributed by atoms with Gasteiger partial charge in [-0.25, -0.2) is 4.98 Å². The van der Waals surface area contributed by atoms with Crippen LogP contribution in [0.4, 0.5) is 0 Å². The van der Waals surface area contributed by atoms with Crippen molar-refractivity contribution in [3.63, 3.8) is 0 Å². The second-order valence-electron chi connectivity index (χ2n) is 2.41. The topological polar surface area (TPSA) is 26.0 Å². The van der Waals surface area contributed by atoms with Crippen LogP contribution in [0.25, 0.3) is 11.5 Å². The van der Waals surface area contributed by atoms with Crippen molar-refractivity contribution in [2.75, 3.05) is 0 Å². The second kappa shape index (κ2) is 3.40. The van der Waals surface area contributed by atoms with Gasteiger partial charge in [-0.15, -0.1) is 0 Å². The van der Waals surface area contributed by atoms with Crippen molar-refractivity contribution in [3.05, 3.63) is 40.7 Å². The molecule has 0 spiro atoms. The van der Waals surface area contributed by atoms with Gasteiger partial charge in [-0.3, -0.25) is 0 Å². The Morgan fingerprint density at radius 3 is 2.77 bits per heavy atom. The van der Waals surface area contributed by atoms with Crippen molar-refractivity contribution in [1.29, 1.82) is 0 Å². The summed E-state index contributed by atoms with van der Waals surface area (Å²) in [7, 11) is 0. The van der Waals surface area contributed by atoms with Crippen LogP contribution in [0.2, 0.25) is 10.0 Å². The minimum atomic E-state index is 0.446. The lowest BCUT2D eigenvalue weighted by Gasteiger charge is -1.98. The summed E-state index contributed by atoms with van der Waals surface area (Å²) in [4.78, 5) is 3.93. The van der Waals surface area contributed by atoms with Crippen LogP contribution < -0.4 is 0 Å². The van der Waals surface area contributed by atoms with Crippen LogP contribution in [0.3, 0.4) is 0 Å². The van der Waals surface area contributed by atoms with Gasteiger partial charge < -0.3 is 4.42 Å². The standard InChI is InChI=1S/C9H4Cl2NO/c10-6-1-2-7(8(11)5-6)9-12-3-4-13-9/h1-3,5H. The molecule has 0 aliphatic heterocycles. The molecule has 0 aliphatic carbocycles. The zero-order valence-corrected chi connectivity index (χ0v) is 7.93. The predicted octanol–water partition coefficient (Wildman–Crippen LogP) is 3.45. The number of rotatable bonds is 1. The molecule has 1 heterocycles. The van der Waals surface area contributed by atoms with E-state index in [0.717, 1.165) is 0 Å². The van der Waals surface area contributed by atoms with Crippen LogP contribution in [0, 0.1) is 6.26 Å². The van der Waals surface area contributed by atoms with E-state index in [-0.39, 0.29) is 0 Å². The number of aromatic nitrogens is 1. The normalized spacial score (nSPS) is 10.3. The van der Waals surface area contributed by atoms with Crippen molar-refractivity contribution in [3.8, 4) is 11.5 Å². The predicted molar refractivity (Wildman–Crippen MR) is 50.8 cm³/mol. The molecule has 4 heteroatoms. The summed E-state index contributed by atoms with van der Waals surface area (Å²) in [5, 5.41) is 1.10. The van der Waals surface area contributed by atoms with Crippen LogP contribution in [0.1, 0.15) is 0 Å². The lowest BCUT2D eigenvalue weighted by Crippen LogP contribution is -1.78.